The molecule has 6 heteroatoms. The summed E-state index contributed by atoms with van der Waals surface area (Å²) in [4.78, 5) is 16.7. The maximum absolute atomic E-state index is 12.4. The molecule has 3 aromatic rings. The van der Waals surface area contributed by atoms with Crippen molar-refractivity contribution in [2.24, 2.45) is 0 Å². The Morgan fingerprint density at radius 1 is 1.10 bits per heavy atom. The van der Waals surface area contributed by atoms with E-state index in [9.17, 15) is 4.79 Å². The molecule has 1 aliphatic carbocycles. The summed E-state index contributed by atoms with van der Waals surface area (Å²) in [5.74, 6) is 1.09. The molecule has 4 rings (SSSR count). The van der Waals surface area contributed by atoms with Crippen LogP contribution in [0.5, 0.6) is 0 Å². The standard InChI is InChI=1S/C15H13N5O/c1-2-3-8-11-17-18-15-16-13-12(19-20(11)15)9-6-4-5-7-10(9)14(13)21/h4-7H,2-3,8H2,1H3. The molecule has 1 aliphatic rings. The molecule has 1 aromatic carbocycles. The zero-order valence-electron chi connectivity index (χ0n) is 11.6. The number of hydrogen-bond donors (Lipinski definition) is 0. The van der Waals surface area contributed by atoms with Gasteiger partial charge in [-0.1, -0.05) is 37.6 Å². The molecule has 0 saturated heterocycles. The van der Waals surface area contributed by atoms with Gasteiger partial charge in [0.05, 0.1) is 0 Å². The van der Waals surface area contributed by atoms with Crippen molar-refractivity contribution in [3.05, 3.63) is 41.3 Å². The molecule has 0 aliphatic heterocycles. The molecule has 0 bridgehead atoms. The van der Waals surface area contributed by atoms with E-state index in [4.69, 9.17) is 0 Å². The number of carbonyl (C=O) groups is 1. The van der Waals surface area contributed by atoms with Gasteiger partial charge in [-0.2, -0.15) is 9.61 Å². The molecular weight excluding hydrogens is 266 g/mol. The first-order chi connectivity index (χ1) is 10.3. The number of carbonyl (C=O) groups excluding carboxylic acids is 1. The van der Waals surface area contributed by atoms with Gasteiger partial charge < -0.3 is 0 Å². The molecular formula is C15H13N5O. The third-order valence-corrected chi connectivity index (χ3v) is 3.72. The maximum atomic E-state index is 12.4. The molecule has 2 aromatic heterocycles. The fourth-order valence-corrected chi connectivity index (χ4v) is 2.62. The van der Waals surface area contributed by atoms with Crippen LogP contribution in [0.1, 0.15) is 41.6 Å². The Labute approximate surface area is 120 Å². The molecule has 0 spiro atoms. The number of aryl methyl sites for hydroxylation is 1. The fraction of sp³-hybridized carbons (Fsp3) is 0.267. The van der Waals surface area contributed by atoms with Crippen LogP contribution in [-0.2, 0) is 6.42 Å². The Morgan fingerprint density at radius 3 is 2.71 bits per heavy atom. The molecule has 0 atom stereocenters. The van der Waals surface area contributed by atoms with Crippen LogP contribution < -0.4 is 0 Å². The van der Waals surface area contributed by atoms with E-state index in [2.05, 4.69) is 27.2 Å². The smallest absolute Gasteiger partial charge is 0.272 e. The SMILES string of the molecule is CCCCc1nnc2nc3c(nn12)-c1ccccc1C3=O. The summed E-state index contributed by atoms with van der Waals surface area (Å²) in [6, 6.07) is 7.45. The average Bonchev–Trinajstić information content (AvgIpc) is 3.04. The van der Waals surface area contributed by atoms with Crippen LogP contribution >= 0.6 is 0 Å². The van der Waals surface area contributed by atoms with Crippen molar-refractivity contribution in [2.45, 2.75) is 26.2 Å². The highest BCUT2D eigenvalue weighted by atomic mass is 16.1. The van der Waals surface area contributed by atoms with Gasteiger partial charge >= 0.3 is 0 Å². The lowest BCUT2D eigenvalue weighted by Gasteiger charge is -2.01. The van der Waals surface area contributed by atoms with Crippen molar-refractivity contribution in [3.8, 4) is 11.3 Å². The van der Waals surface area contributed by atoms with Crippen LogP contribution in [0.15, 0.2) is 24.3 Å². The second-order valence-corrected chi connectivity index (χ2v) is 5.12. The van der Waals surface area contributed by atoms with Gasteiger partial charge in [0.25, 0.3) is 5.78 Å². The predicted molar refractivity (Wildman–Crippen MR) is 76.1 cm³/mol. The first kappa shape index (κ1) is 12.1. The number of rotatable bonds is 3. The van der Waals surface area contributed by atoms with E-state index < -0.39 is 0 Å². The highest BCUT2D eigenvalue weighted by Crippen LogP contribution is 2.33. The maximum Gasteiger partial charge on any atom is 0.272 e. The molecule has 0 unspecified atom stereocenters. The minimum absolute atomic E-state index is 0.0892. The highest BCUT2D eigenvalue weighted by molar-refractivity contribution is 6.19. The lowest BCUT2D eigenvalue weighted by atomic mass is 10.1. The molecule has 0 N–H and O–H groups in total. The Hall–Kier alpha value is -2.63. The number of benzene rings is 1. The van der Waals surface area contributed by atoms with Gasteiger partial charge in [-0.3, -0.25) is 4.79 Å². The van der Waals surface area contributed by atoms with Gasteiger partial charge in [0.2, 0.25) is 5.78 Å². The summed E-state index contributed by atoms with van der Waals surface area (Å²) in [5.41, 5.74) is 2.49. The predicted octanol–water partition coefficient (Wildman–Crippen LogP) is 2.07. The van der Waals surface area contributed by atoms with Gasteiger partial charge in [-0.25, -0.2) is 4.98 Å². The third-order valence-electron chi connectivity index (χ3n) is 3.72. The quantitative estimate of drug-likeness (QED) is 0.574. The van der Waals surface area contributed by atoms with E-state index in [1.54, 1.807) is 10.6 Å². The summed E-state index contributed by atoms with van der Waals surface area (Å²) in [6.07, 6.45) is 2.91. The number of unbranched alkanes of at least 4 members (excludes halogenated alkanes) is 1. The van der Waals surface area contributed by atoms with Crippen molar-refractivity contribution in [3.63, 3.8) is 0 Å². The molecule has 104 valence electrons. The minimum atomic E-state index is -0.0892. The Balaban J connectivity index is 1.93. The highest BCUT2D eigenvalue weighted by Gasteiger charge is 2.30. The normalized spacial score (nSPS) is 12.7. The zero-order chi connectivity index (χ0) is 14.4. The monoisotopic (exact) mass is 279 g/mol. The molecule has 21 heavy (non-hydrogen) atoms. The summed E-state index contributed by atoms with van der Waals surface area (Å²) in [7, 11) is 0. The van der Waals surface area contributed by atoms with E-state index in [0.717, 1.165) is 30.7 Å². The van der Waals surface area contributed by atoms with Gasteiger partial charge in [-0.05, 0) is 6.42 Å². The Kier molecular flexibility index (Phi) is 2.57. The molecule has 0 fully saturated rings. The largest absolute Gasteiger partial charge is 0.287 e. The van der Waals surface area contributed by atoms with Crippen molar-refractivity contribution in [2.75, 3.05) is 0 Å². The van der Waals surface area contributed by atoms with E-state index in [1.165, 1.54) is 0 Å². The van der Waals surface area contributed by atoms with Gasteiger partial charge in [0.1, 0.15) is 11.4 Å². The summed E-state index contributed by atoms with van der Waals surface area (Å²) in [5, 5.41) is 12.7. The number of hydrogen-bond acceptors (Lipinski definition) is 5. The fourth-order valence-electron chi connectivity index (χ4n) is 2.62. The van der Waals surface area contributed by atoms with Crippen LogP contribution in [0.25, 0.3) is 17.0 Å². The van der Waals surface area contributed by atoms with Gasteiger partial charge in [0.15, 0.2) is 5.82 Å². The number of nitrogens with zero attached hydrogens (tertiary/aromatic N) is 5. The second-order valence-electron chi connectivity index (χ2n) is 5.12. The number of ketones is 1. The van der Waals surface area contributed by atoms with Crippen molar-refractivity contribution in [1.29, 1.82) is 0 Å². The van der Waals surface area contributed by atoms with Crippen LogP contribution in [-0.4, -0.2) is 30.6 Å². The van der Waals surface area contributed by atoms with Gasteiger partial charge in [0, 0.05) is 17.5 Å². The van der Waals surface area contributed by atoms with Crippen molar-refractivity contribution in [1.82, 2.24) is 24.8 Å². The van der Waals surface area contributed by atoms with E-state index in [-0.39, 0.29) is 5.78 Å². The van der Waals surface area contributed by atoms with Crippen molar-refractivity contribution >= 4 is 11.6 Å². The molecule has 6 nitrogen and oxygen atoms in total. The lowest BCUT2D eigenvalue weighted by Crippen LogP contribution is -2.06. The molecule has 0 amide bonds. The van der Waals surface area contributed by atoms with Crippen LogP contribution in [0.3, 0.4) is 0 Å². The number of fused-ring (bicyclic) bond motifs is 4. The molecule has 0 saturated carbocycles. The first-order valence-corrected chi connectivity index (χ1v) is 7.06. The minimum Gasteiger partial charge on any atom is -0.287 e. The van der Waals surface area contributed by atoms with E-state index in [1.807, 2.05) is 18.2 Å². The third kappa shape index (κ3) is 1.68. The van der Waals surface area contributed by atoms with E-state index in [0.29, 0.717) is 22.7 Å². The van der Waals surface area contributed by atoms with Crippen molar-refractivity contribution < 1.29 is 4.79 Å². The van der Waals surface area contributed by atoms with Gasteiger partial charge in [-0.15, -0.1) is 10.2 Å². The Bertz CT molecular complexity index is 868. The summed E-state index contributed by atoms with van der Waals surface area (Å²) >= 11 is 0. The van der Waals surface area contributed by atoms with Crippen LogP contribution in [0.4, 0.5) is 0 Å². The van der Waals surface area contributed by atoms with E-state index >= 15 is 0 Å². The zero-order valence-corrected chi connectivity index (χ0v) is 11.6. The first-order valence-electron chi connectivity index (χ1n) is 7.06. The summed E-state index contributed by atoms with van der Waals surface area (Å²) < 4.78 is 1.66. The lowest BCUT2D eigenvalue weighted by molar-refractivity contribution is 0.103. The summed E-state index contributed by atoms with van der Waals surface area (Å²) in [6.45, 7) is 2.13. The Morgan fingerprint density at radius 2 is 1.90 bits per heavy atom. The topological polar surface area (TPSA) is 73.0 Å². The second kappa shape index (κ2) is 4.44. The van der Waals surface area contributed by atoms with Crippen LogP contribution in [0.2, 0.25) is 0 Å². The van der Waals surface area contributed by atoms with Crippen LogP contribution in [0, 0.1) is 0 Å². The molecule has 0 radical (unpaired) electrons. The molecule has 2 heterocycles. The average molecular weight is 279 g/mol. The number of aromatic nitrogens is 5.